The van der Waals surface area contributed by atoms with Crippen LogP contribution >= 0.6 is 0 Å². The quantitative estimate of drug-likeness (QED) is 0.521. The van der Waals surface area contributed by atoms with Gasteiger partial charge in [-0.15, -0.1) is 0 Å². The zero-order valence-electron chi connectivity index (χ0n) is 25.0. The van der Waals surface area contributed by atoms with Crippen molar-refractivity contribution in [3.05, 3.63) is 35.9 Å². The van der Waals surface area contributed by atoms with Gasteiger partial charge in [-0.1, -0.05) is 51.1 Å². The van der Waals surface area contributed by atoms with Gasteiger partial charge < -0.3 is 33.2 Å². The van der Waals surface area contributed by atoms with Gasteiger partial charge in [-0.2, -0.15) is 0 Å². The fourth-order valence-corrected chi connectivity index (χ4v) is 6.50. The van der Waals surface area contributed by atoms with Gasteiger partial charge in [0, 0.05) is 5.41 Å². The first-order valence-corrected chi connectivity index (χ1v) is 15.0. The van der Waals surface area contributed by atoms with Gasteiger partial charge in [0.15, 0.2) is 17.9 Å². The number of carbonyl (C=O) groups is 1. The molecule has 5 rings (SSSR count). The molecular weight excluding hydrogens is 538 g/mol. The third-order valence-corrected chi connectivity index (χ3v) is 9.05. The summed E-state index contributed by atoms with van der Waals surface area (Å²) in [6.45, 7) is 18.6. The molecule has 0 radical (unpaired) electrons. The van der Waals surface area contributed by atoms with E-state index in [1.165, 1.54) is 0 Å². The van der Waals surface area contributed by atoms with Crippen LogP contribution in [0.3, 0.4) is 0 Å². The molecule has 4 fully saturated rings. The normalized spacial score (nSPS) is 38.4. The van der Waals surface area contributed by atoms with Crippen molar-refractivity contribution in [2.75, 3.05) is 0 Å². The molecular formula is C29H43NO9S. The number of cyclic esters (lactones) is 1. The third-order valence-electron chi connectivity index (χ3n) is 7.47. The number of ether oxygens (including phenoxy) is 7. The lowest BCUT2D eigenvalue weighted by molar-refractivity contribution is -0.253. The van der Waals surface area contributed by atoms with E-state index in [9.17, 15) is 9.00 Å². The van der Waals surface area contributed by atoms with Gasteiger partial charge >= 0.3 is 5.97 Å². The van der Waals surface area contributed by atoms with Crippen LogP contribution in [0.4, 0.5) is 0 Å². The van der Waals surface area contributed by atoms with Gasteiger partial charge in [0.2, 0.25) is 11.9 Å². The molecule has 4 aliphatic heterocycles. The van der Waals surface area contributed by atoms with E-state index in [1.807, 2.05) is 73.6 Å². The fourth-order valence-electron chi connectivity index (χ4n) is 5.62. The second-order valence-electron chi connectivity index (χ2n) is 13.9. The molecule has 0 amide bonds. The van der Waals surface area contributed by atoms with Crippen LogP contribution in [0.1, 0.15) is 74.8 Å². The molecule has 1 aromatic carbocycles. The van der Waals surface area contributed by atoms with Gasteiger partial charge in [-0.25, -0.2) is 13.7 Å². The molecule has 9 atom stereocenters. The summed E-state index contributed by atoms with van der Waals surface area (Å²) < 4.78 is 60.7. The van der Waals surface area contributed by atoms with Crippen molar-refractivity contribution in [3.8, 4) is 0 Å². The van der Waals surface area contributed by atoms with E-state index in [4.69, 9.17) is 33.2 Å². The Kier molecular flexibility index (Phi) is 7.36. The maximum atomic E-state index is 14.1. The minimum Gasteiger partial charge on any atom is -0.433 e. The van der Waals surface area contributed by atoms with Crippen molar-refractivity contribution >= 4 is 17.0 Å². The fraction of sp³-hybridized carbons (Fsp3) is 0.759. The lowest BCUT2D eigenvalue weighted by Gasteiger charge is -2.46. The Morgan fingerprint density at radius 2 is 1.40 bits per heavy atom. The first kappa shape index (κ1) is 30.0. The van der Waals surface area contributed by atoms with E-state index in [0.29, 0.717) is 5.56 Å². The molecule has 10 nitrogen and oxygen atoms in total. The average Bonchev–Trinajstić information content (AvgIpc) is 3.45. The summed E-state index contributed by atoms with van der Waals surface area (Å²) >= 11 is 0. The van der Waals surface area contributed by atoms with Crippen molar-refractivity contribution in [2.24, 2.45) is 5.41 Å². The Hall–Kier alpha value is -1.44. The molecule has 40 heavy (non-hydrogen) atoms. The molecule has 1 aromatic rings. The number of benzene rings is 1. The molecule has 0 saturated carbocycles. The lowest BCUT2D eigenvalue weighted by Crippen LogP contribution is -2.68. The van der Waals surface area contributed by atoms with Crippen molar-refractivity contribution in [1.82, 2.24) is 4.72 Å². The number of hydrogen-bond acceptors (Lipinski definition) is 9. The minimum atomic E-state index is -1.73. The van der Waals surface area contributed by atoms with Crippen LogP contribution in [0.25, 0.3) is 0 Å². The van der Waals surface area contributed by atoms with Gasteiger partial charge in [0.05, 0.1) is 21.8 Å². The van der Waals surface area contributed by atoms with Crippen LogP contribution in [0, 0.1) is 5.41 Å². The summed E-state index contributed by atoms with van der Waals surface area (Å²) in [5, 5.41) is 0. The summed E-state index contributed by atoms with van der Waals surface area (Å²) in [4.78, 5) is 14.1. The summed E-state index contributed by atoms with van der Waals surface area (Å²) in [6.07, 6.45) is -4.48. The predicted octanol–water partition coefficient (Wildman–Crippen LogP) is 3.64. The lowest BCUT2D eigenvalue weighted by atomic mass is 9.80. The van der Waals surface area contributed by atoms with E-state index in [1.54, 1.807) is 26.0 Å². The van der Waals surface area contributed by atoms with E-state index in [0.717, 1.165) is 0 Å². The molecule has 0 aliphatic carbocycles. The van der Waals surface area contributed by atoms with Gasteiger partial charge in [-0.05, 0) is 54.0 Å². The zero-order valence-corrected chi connectivity index (χ0v) is 25.8. The van der Waals surface area contributed by atoms with Crippen molar-refractivity contribution < 1.29 is 42.2 Å². The first-order chi connectivity index (χ1) is 18.3. The molecule has 0 bridgehead atoms. The van der Waals surface area contributed by atoms with E-state index < -0.39 is 87.3 Å². The molecule has 4 saturated heterocycles. The monoisotopic (exact) mass is 581 g/mol. The van der Waals surface area contributed by atoms with Crippen LogP contribution in [0.2, 0.25) is 0 Å². The van der Waals surface area contributed by atoms with Crippen LogP contribution in [0.15, 0.2) is 30.3 Å². The molecule has 224 valence electrons. The largest absolute Gasteiger partial charge is 0.433 e. The van der Waals surface area contributed by atoms with Crippen LogP contribution in [-0.4, -0.2) is 69.5 Å². The number of fused-ring (bicyclic) bond motifs is 3. The Balaban J connectivity index is 1.68. The third kappa shape index (κ3) is 5.28. The number of carbonyl (C=O) groups excluding carboxylic acids is 1. The number of esters is 1. The molecule has 4 aliphatic rings. The Labute approximate surface area is 239 Å². The van der Waals surface area contributed by atoms with E-state index >= 15 is 0 Å². The van der Waals surface area contributed by atoms with Crippen LogP contribution in [-0.2, 0) is 54.5 Å². The second kappa shape index (κ2) is 9.80. The highest BCUT2D eigenvalue weighted by Crippen LogP contribution is 2.50. The molecule has 11 heteroatoms. The minimum absolute atomic E-state index is 0.539. The average molecular weight is 582 g/mol. The van der Waals surface area contributed by atoms with E-state index in [-0.39, 0.29) is 0 Å². The van der Waals surface area contributed by atoms with Crippen LogP contribution < -0.4 is 4.72 Å². The van der Waals surface area contributed by atoms with Crippen molar-refractivity contribution in [3.63, 3.8) is 0 Å². The van der Waals surface area contributed by atoms with Gasteiger partial charge in [0.1, 0.15) is 24.4 Å². The first-order valence-electron chi connectivity index (χ1n) is 13.8. The highest BCUT2D eigenvalue weighted by molar-refractivity contribution is 7.84. The van der Waals surface area contributed by atoms with Gasteiger partial charge in [0.25, 0.3) is 0 Å². The Morgan fingerprint density at radius 3 is 1.98 bits per heavy atom. The highest BCUT2D eigenvalue weighted by atomic mass is 32.2. The standard InChI is InChI=1S/C29H43NO9S/c1-25(2,3)24-34-23(31)29(39-24,16-14-12-11-13-15-16)21(30-40(32)26(4,5)6)19-17-18(36-27(7,8)35-17)20-22(33-19)38-28(9,10)37-20/h11-15,17-22,24,30H,1-10H3/t17-,18+,19+,20-,21?,22-,24-,29-,40+/m1/s1. The number of hydrogen-bond donors (Lipinski definition) is 1. The second-order valence-corrected chi connectivity index (χ2v) is 15.9. The summed E-state index contributed by atoms with van der Waals surface area (Å²) in [6, 6.07) is 8.08. The molecule has 0 spiro atoms. The SMILES string of the molecule is CC1(C)O[C@H]2[C@@H](O1)[C@@H](C(N[S@@](=O)C(C)(C)C)[C@@]1(c3ccccc3)O[C@H](C(C)(C)C)OC1=O)O[C@@H]1OC(C)(C)O[C@@H]12. The molecule has 1 N–H and O–H groups in total. The summed E-state index contributed by atoms with van der Waals surface area (Å²) in [5.74, 6) is -2.51. The summed E-state index contributed by atoms with van der Waals surface area (Å²) in [5.41, 5.74) is -1.73. The molecule has 4 heterocycles. The maximum Gasteiger partial charge on any atom is 0.347 e. The topological polar surface area (TPSA) is 111 Å². The predicted molar refractivity (Wildman–Crippen MR) is 146 cm³/mol. The Morgan fingerprint density at radius 1 is 0.825 bits per heavy atom. The Bertz CT molecular complexity index is 1140. The molecule has 0 aromatic heterocycles. The highest BCUT2D eigenvalue weighted by Gasteiger charge is 2.68. The van der Waals surface area contributed by atoms with Crippen LogP contribution in [0.5, 0.6) is 0 Å². The van der Waals surface area contributed by atoms with E-state index in [2.05, 4.69) is 4.72 Å². The zero-order chi connectivity index (χ0) is 29.5. The summed E-state index contributed by atoms with van der Waals surface area (Å²) in [7, 11) is -1.65. The van der Waals surface area contributed by atoms with Gasteiger partial charge in [-0.3, -0.25) is 0 Å². The molecule has 1 unspecified atom stereocenters. The number of nitrogens with one attached hydrogen (secondary N) is 1. The van der Waals surface area contributed by atoms with Crippen molar-refractivity contribution in [2.45, 2.75) is 134 Å². The maximum absolute atomic E-state index is 14.1. The smallest absolute Gasteiger partial charge is 0.347 e. The number of rotatable bonds is 5. The van der Waals surface area contributed by atoms with Crippen molar-refractivity contribution in [1.29, 1.82) is 0 Å².